The van der Waals surface area contributed by atoms with E-state index in [9.17, 15) is 0 Å². The first kappa shape index (κ1) is 5.96. The second kappa shape index (κ2) is 2.40. The van der Waals surface area contributed by atoms with E-state index in [4.69, 9.17) is 17.3 Å². The predicted octanol–water partition coefficient (Wildman–Crippen LogP) is 1.97. The van der Waals surface area contributed by atoms with Crippen molar-refractivity contribution in [3.05, 3.63) is 10.7 Å². The van der Waals surface area contributed by atoms with Crippen LogP contribution >= 0.6 is 11.6 Å². The van der Waals surface area contributed by atoms with Crippen LogP contribution in [0.5, 0.6) is 0 Å². The third kappa shape index (κ3) is 1.16. The molecule has 0 saturated carbocycles. The van der Waals surface area contributed by atoms with Gasteiger partial charge in [-0.3, -0.25) is 0 Å². The highest BCUT2D eigenvalue weighted by atomic mass is 35.5. The van der Waals surface area contributed by atoms with Gasteiger partial charge in [0.2, 0.25) is 0 Å². The summed E-state index contributed by atoms with van der Waals surface area (Å²) in [7, 11) is 0. The molecular formula is C6H10ClN. The van der Waals surface area contributed by atoms with E-state index in [0.29, 0.717) is 0 Å². The monoisotopic (exact) mass is 131 g/mol. The molecule has 1 rings (SSSR count). The summed E-state index contributed by atoms with van der Waals surface area (Å²) in [6, 6.07) is 0. The molecule has 1 aliphatic carbocycles. The first-order valence-corrected chi connectivity index (χ1v) is 3.31. The number of hydrogen-bond donors (Lipinski definition) is 1. The first-order valence-electron chi connectivity index (χ1n) is 2.93. The smallest absolute Gasteiger partial charge is 0.0367 e. The topological polar surface area (TPSA) is 26.0 Å². The molecule has 0 bridgehead atoms. The van der Waals surface area contributed by atoms with E-state index >= 15 is 0 Å². The molecule has 8 heavy (non-hydrogen) atoms. The molecule has 46 valence electrons. The van der Waals surface area contributed by atoms with Crippen molar-refractivity contribution < 1.29 is 0 Å². The lowest BCUT2D eigenvalue weighted by Gasteiger charge is -2.10. The Morgan fingerprint density at radius 3 is 2.25 bits per heavy atom. The lowest BCUT2D eigenvalue weighted by Crippen LogP contribution is -2.03. The lowest BCUT2D eigenvalue weighted by atomic mass is 10.1. The predicted molar refractivity (Wildman–Crippen MR) is 35.5 cm³/mol. The Hall–Kier alpha value is -0.170. The van der Waals surface area contributed by atoms with Gasteiger partial charge in [-0.25, -0.2) is 0 Å². The summed E-state index contributed by atoms with van der Waals surface area (Å²) in [6.45, 7) is 0. The zero-order valence-electron chi connectivity index (χ0n) is 4.78. The number of hydrogen-bond acceptors (Lipinski definition) is 1. The van der Waals surface area contributed by atoms with E-state index in [-0.39, 0.29) is 0 Å². The second-order valence-corrected chi connectivity index (χ2v) is 2.59. The van der Waals surface area contributed by atoms with Gasteiger partial charge in [-0.1, -0.05) is 11.6 Å². The second-order valence-electron chi connectivity index (χ2n) is 2.14. The summed E-state index contributed by atoms with van der Waals surface area (Å²) in [5.41, 5.74) is 6.43. The fourth-order valence-electron chi connectivity index (χ4n) is 0.892. The standard InChI is InChI=1S/C6H10ClN/c7-5-3-1-2-4-6(5)8/h1-4,8H2. The molecule has 0 unspecified atom stereocenters. The van der Waals surface area contributed by atoms with Gasteiger partial charge in [0, 0.05) is 10.7 Å². The summed E-state index contributed by atoms with van der Waals surface area (Å²) in [5, 5.41) is 0.885. The van der Waals surface area contributed by atoms with Crippen molar-refractivity contribution in [3.63, 3.8) is 0 Å². The number of halogens is 1. The van der Waals surface area contributed by atoms with Crippen LogP contribution in [-0.2, 0) is 0 Å². The Bertz CT molecular complexity index is 104. The molecule has 0 aliphatic heterocycles. The van der Waals surface area contributed by atoms with E-state index in [2.05, 4.69) is 0 Å². The van der Waals surface area contributed by atoms with E-state index in [1.165, 1.54) is 12.8 Å². The summed E-state index contributed by atoms with van der Waals surface area (Å²) in [5.74, 6) is 0. The Morgan fingerprint density at radius 1 is 1.25 bits per heavy atom. The average molecular weight is 132 g/mol. The Kier molecular flexibility index (Phi) is 1.79. The van der Waals surface area contributed by atoms with Crippen molar-refractivity contribution in [2.45, 2.75) is 25.7 Å². The molecule has 0 atom stereocenters. The molecule has 0 spiro atoms. The zero-order chi connectivity index (χ0) is 5.98. The maximum atomic E-state index is 5.72. The van der Waals surface area contributed by atoms with Gasteiger partial charge in [0.25, 0.3) is 0 Å². The summed E-state index contributed by atoms with van der Waals surface area (Å²) in [4.78, 5) is 0. The number of allylic oxidation sites excluding steroid dienone is 2. The Labute approximate surface area is 54.5 Å². The molecule has 2 N–H and O–H groups in total. The SMILES string of the molecule is NC1=C(Cl)CCCC1. The van der Waals surface area contributed by atoms with Crippen molar-refractivity contribution in [3.8, 4) is 0 Å². The summed E-state index contributed by atoms with van der Waals surface area (Å²) >= 11 is 5.72. The van der Waals surface area contributed by atoms with Gasteiger partial charge >= 0.3 is 0 Å². The fraction of sp³-hybridized carbons (Fsp3) is 0.667. The Balaban J connectivity index is 2.60. The highest BCUT2D eigenvalue weighted by molar-refractivity contribution is 6.29. The molecule has 1 aliphatic rings. The summed E-state index contributed by atoms with van der Waals surface area (Å²) in [6.07, 6.45) is 4.41. The fourth-order valence-corrected chi connectivity index (χ4v) is 1.12. The van der Waals surface area contributed by atoms with Crippen molar-refractivity contribution in [1.82, 2.24) is 0 Å². The molecule has 1 nitrogen and oxygen atoms in total. The van der Waals surface area contributed by atoms with Crippen LogP contribution in [0, 0.1) is 0 Å². The average Bonchev–Trinajstić information content (AvgIpc) is 1.77. The van der Waals surface area contributed by atoms with Crippen LogP contribution in [0.15, 0.2) is 10.7 Å². The van der Waals surface area contributed by atoms with E-state index in [1.54, 1.807) is 0 Å². The molecule has 0 aromatic carbocycles. The normalized spacial score (nSPS) is 21.6. The number of nitrogens with two attached hydrogens (primary N) is 1. The largest absolute Gasteiger partial charge is 0.401 e. The molecule has 0 saturated heterocycles. The summed E-state index contributed by atoms with van der Waals surface area (Å²) < 4.78 is 0. The molecule has 0 aromatic rings. The maximum Gasteiger partial charge on any atom is 0.0367 e. The molecule has 0 radical (unpaired) electrons. The van der Waals surface area contributed by atoms with Gasteiger partial charge in [0.1, 0.15) is 0 Å². The number of rotatable bonds is 0. The quantitative estimate of drug-likeness (QED) is 0.535. The van der Waals surface area contributed by atoms with E-state index < -0.39 is 0 Å². The van der Waals surface area contributed by atoms with Gasteiger partial charge < -0.3 is 5.73 Å². The van der Waals surface area contributed by atoms with Crippen LogP contribution in [0.1, 0.15) is 25.7 Å². The van der Waals surface area contributed by atoms with Crippen LogP contribution in [-0.4, -0.2) is 0 Å². The highest BCUT2D eigenvalue weighted by Gasteiger charge is 2.05. The minimum absolute atomic E-state index is 0.885. The minimum Gasteiger partial charge on any atom is -0.401 e. The van der Waals surface area contributed by atoms with Crippen molar-refractivity contribution in [1.29, 1.82) is 0 Å². The van der Waals surface area contributed by atoms with Crippen molar-refractivity contribution in [2.24, 2.45) is 5.73 Å². The molecular weight excluding hydrogens is 122 g/mol. The Morgan fingerprint density at radius 2 is 1.88 bits per heavy atom. The van der Waals surface area contributed by atoms with Gasteiger partial charge in [-0.15, -0.1) is 0 Å². The van der Waals surface area contributed by atoms with Crippen molar-refractivity contribution >= 4 is 11.6 Å². The third-order valence-electron chi connectivity index (χ3n) is 1.44. The molecule has 2 heteroatoms. The molecule has 0 heterocycles. The van der Waals surface area contributed by atoms with Crippen LogP contribution in [0.3, 0.4) is 0 Å². The minimum atomic E-state index is 0.885. The van der Waals surface area contributed by atoms with Gasteiger partial charge in [0.05, 0.1) is 0 Å². The molecule has 0 amide bonds. The van der Waals surface area contributed by atoms with Gasteiger partial charge in [-0.2, -0.15) is 0 Å². The van der Waals surface area contributed by atoms with E-state index in [0.717, 1.165) is 23.6 Å². The van der Waals surface area contributed by atoms with Crippen LogP contribution in [0.2, 0.25) is 0 Å². The van der Waals surface area contributed by atoms with Gasteiger partial charge in [-0.05, 0) is 25.7 Å². The van der Waals surface area contributed by atoms with E-state index in [1.807, 2.05) is 0 Å². The molecule has 0 aromatic heterocycles. The van der Waals surface area contributed by atoms with Crippen LogP contribution < -0.4 is 5.73 Å². The third-order valence-corrected chi connectivity index (χ3v) is 1.87. The highest BCUT2D eigenvalue weighted by Crippen LogP contribution is 2.23. The van der Waals surface area contributed by atoms with Gasteiger partial charge in [0.15, 0.2) is 0 Å². The van der Waals surface area contributed by atoms with Crippen LogP contribution in [0.25, 0.3) is 0 Å². The van der Waals surface area contributed by atoms with Crippen molar-refractivity contribution in [2.75, 3.05) is 0 Å². The zero-order valence-corrected chi connectivity index (χ0v) is 5.54. The molecule has 0 fully saturated rings. The van der Waals surface area contributed by atoms with Crippen LogP contribution in [0.4, 0.5) is 0 Å². The lowest BCUT2D eigenvalue weighted by molar-refractivity contribution is 0.687. The maximum absolute atomic E-state index is 5.72. The first-order chi connectivity index (χ1) is 3.80.